The first-order valence-corrected chi connectivity index (χ1v) is 8.60. The van der Waals surface area contributed by atoms with Gasteiger partial charge in [0.05, 0.1) is 5.70 Å². The van der Waals surface area contributed by atoms with E-state index in [4.69, 9.17) is 4.99 Å². The number of carbonyl (C=O) groups is 1. The van der Waals surface area contributed by atoms with E-state index >= 15 is 0 Å². The fraction of sp³-hybridized carbons (Fsp3) is 0.429. The van der Waals surface area contributed by atoms with Crippen molar-refractivity contribution >= 4 is 17.9 Å². The van der Waals surface area contributed by atoms with Gasteiger partial charge in [-0.3, -0.25) is 4.79 Å². The van der Waals surface area contributed by atoms with Crippen molar-refractivity contribution in [3.05, 3.63) is 53.6 Å². The Balaban J connectivity index is 2.43. The number of aliphatic imine (C=N–C) groups is 1. The van der Waals surface area contributed by atoms with E-state index in [1.165, 1.54) is 5.56 Å². The lowest BCUT2D eigenvalue weighted by Crippen LogP contribution is -2.34. The second-order valence-electron chi connectivity index (χ2n) is 7.35. The van der Waals surface area contributed by atoms with Gasteiger partial charge in [0.2, 0.25) is 6.41 Å². The van der Waals surface area contributed by atoms with Gasteiger partial charge in [0.1, 0.15) is 5.84 Å². The fourth-order valence-electron chi connectivity index (χ4n) is 2.81. The third kappa shape index (κ3) is 4.22. The minimum atomic E-state index is 0.124. The number of allylic oxidation sites excluding steroid dienone is 2. The fourth-order valence-corrected chi connectivity index (χ4v) is 2.81. The van der Waals surface area contributed by atoms with Gasteiger partial charge in [-0.1, -0.05) is 57.7 Å². The van der Waals surface area contributed by atoms with Crippen LogP contribution in [0.2, 0.25) is 0 Å². The zero-order valence-electron chi connectivity index (χ0n) is 15.3. The summed E-state index contributed by atoms with van der Waals surface area (Å²) in [5.41, 5.74) is 4.39. The normalized spacial score (nSPS) is 18.3. The van der Waals surface area contributed by atoms with Gasteiger partial charge in [-0.15, -0.1) is 0 Å². The van der Waals surface area contributed by atoms with Crippen LogP contribution in [0.5, 0.6) is 0 Å². The maximum absolute atomic E-state index is 11.3. The Morgan fingerprint density at radius 2 is 1.88 bits per heavy atom. The van der Waals surface area contributed by atoms with Crippen LogP contribution in [0.1, 0.15) is 58.1 Å². The Bertz CT molecular complexity index is 660. The summed E-state index contributed by atoms with van der Waals surface area (Å²) in [5.74, 6) is 0.854. The minimum absolute atomic E-state index is 0.124. The highest BCUT2D eigenvalue weighted by atomic mass is 16.1. The molecule has 0 aliphatic carbocycles. The molecule has 2 rings (SSSR count). The molecule has 1 heterocycles. The first kappa shape index (κ1) is 18.2. The monoisotopic (exact) mass is 324 g/mol. The predicted octanol–water partition coefficient (Wildman–Crippen LogP) is 4.94. The number of nitrogens with zero attached hydrogens (tertiary/aromatic N) is 2. The van der Waals surface area contributed by atoms with E-state index in [1.807, 2.05) is 13.0 Å². The van der Waals surface area contributed by atoms with Crippen molar-refractivity contribution in [2.24, 2.45) is 4.99 Å². The molecule has 0 spiro atoms. The van der Waals surface area contributed by atoms with Crippen LogP contribution in [0.4, 0.5) is 0 Å². The number of piperidine rings is 1. The van der Waals surface area contributed by atoms with Crippen molar-refractivity contribution in [2.75, 3.05) is 6.54 Å². The van der Waals surface area contributed by atoms with Gasteiger partial charge in [0.25, 0.3) is 0 Å². The molecule has 0 radical (unpaired) electrons. The Morgan fingerprint density at radius 1 is 1.21 bits per heavy atom. The van der Waals surface area contributed by atoms with Crippen molar-refractivity contribution in [1.82, 2.24) is 4.90 Å². The maximum atomic E-state index is 11.3. The quantitative estimate of drug-likeness (QED) is 0.570. The van der Waals surface area contributed by atoms with E-state index in [0.717, 1.165) is 54.9 Å². The molecule has 0 unspecified atom stereocenters. The number of amidine groups is 1. The van der Waals surface area contributed by atoms with E-state index in [0.29, 0.717) is 0 Å². The molecular formula is C21H28N2O. The van der Waals surface area contributed by atoms with Gasteiger partial charge in [0, 0.05) is 18.5 Å². The lowest BCUT2D eigenvalue weighted by Gasteiger charge is -2.25. The van der Waals surface area contributed by atoms with Gasteiger partial charge in [-0.2, -0.15) is 0 Å². The summed E-state index contributed by atoms with van der Waals surface area (Å²) in [6.07, 6.45) is 5.67. The third-order valence-corrected chi connectivity index (χ3v) is 4.45. The molecule has 1 amide bonds. The number of rotatable bonds is 4. The highest BCUT2D eigenvalue weighted by molar-refractivity contribution is 5.95. The molecular weight excluding hydrogens is 296 g/mol. The molecule has 1 aromatic rings. The standard InChI is InChI=1S/C21H28N2O/c1-6-16(2)20(22-19-9-7-8-14-23(19)15-24)17-10-12-18(13-11-17)21(3,4)5/h6,10-13,15H,1,7-9,14H2,2-5H3/b20-16+,22-19?. The van der Waals surface area contributed by atoms with Gasteiger partial charge in [-0.25, -0.2) is 4.99 Å². The zero-order chi connectivity index (χ0) is 17.7. The van der Waals surface area contributed by atoms with E-state index in [-0.39, 0.29) is 5.41 Å². The second kappa shape index (κ2) is 7.61. The van der Waals surface area contributed by atoms with Crippen molar-refractivity contribution in [1.29, 1.82) is 0 Å². The minimum Gasteiger partial charge on any atom is -0.303 e. The molecule has 1 saturated heterocycles. The van der Waals surface area contributed by atoms with Crippen LogP contribution in [-0.4, -0.2) is 23.7 Å². The number of carbonyl (C=O) groups excluding carboxylic acids is 1. The average molecular weight is 324 g/mol. The molecule has 24 heavy (non-hydrogen) atoms. The second-order valence-corrected chi connectivity index (χ2v) is 7.35. The molecule has 128 valence electrons. The molecule has 0 bridgehead atoms. The van der Waals surface area contributed by atoms with Crippen molar-refractivity contribution < 1.29 is 4.79 Å². The highest BCUT2D eigenvalue weighted by Gasteiger charge is 2.18. The van der Waals surface area contributed by atoms with Crippen LogP contribution < -0.4 is 0 Å². The summed E-state index contributed by atoms with van der Waals surface area (Å²) < 4.78 is 0. The van der Waals surface area contributed by atoms with Gasteiger partial charge in [-0.05, 0) is 36.3 Å². The Hall–Kier alpha value is -2.16. The molecule has 1 fully saturated rings. The summed E-state index contributed by atoms with van der Waals surface area (Å²) in [6.45, 7) is 13.3. The predicted molar refractivity (Wildman–Crippen MR) is 102 cm³/mol. The zero-order valence-corrected chi connectivity index (χ0v) is 15.3. The number of amides is 1. The van der Waals surface area contributed by atoms with E-state index in [1.54, 1.807) is 4.90 Å². The average Bonchev–Trinajstić information content (AvgIpc) is 2.58. The number of hydrogen-bond acceptors (Lipinski definition) is 2. The molecule has 1 aliphatic rings. The van der Waals surface area contributed by atoms with Crippen LogP contribution in [0.3, 0.4) is 0 Å². The van der Waals surface area contributed by atoms with Crippen molar-refractivity contribution in [3.63, 3.8) is 0 Å². The summed E-state index contributed by atoms with van der Waals surface area (Å²) in [6, 6.07) is 8.54. The van der Waals surface area contributed by atoms with Crippen LogP contribution in [0.15, 0.2) is 47.5 Å². The first-order chi connectivity index (χ1) is 11.4. The topological polar surface area (TPSA) is 32.7 Å². The van der Waals surface area contributed by atoms with Crippen LogP contribution in [-0.2, 0) is 10.2 Å². The van der Waals surface area contributed by atoms with Gasteiger partial charge in [0.15, 0.2) is 0 Å². The Morgan fingerprint density at radius 3 is 2.42 bits per heavy atom. The molecule has 1 aromatic carbocycles. The van der Waals surface area contributed by atoms with Gasteiger partial charge < -0.3 is 4.90 Å². The third-order valence-electron chi connectivity index (χ3n) is 4.45. The summed E-state index contributed by atoms with van der Waals surface area (Å²) >= 11 is 0. The SMILES string of the molecule is C=C/C(C)=C(/N=C1CCCCN1C=O)c1ccc(C(C)(C)C)cc1. The van der Waals surface area contributed by atoms with Crippen LogP contribution >= 0.6 is 0 Å². The van der Waals surface area contributed by atoms with Crippen LogP contribution in [0.25, 0.3) is 5.70 Å². The van der Waals surface area contributed by atoms with Crippen molar-refractivity contribution in [2.45, 2.75) is 52.4 Å². The lowest BCUT2D eigenvalue weighted by molar-refractivity contribution is -0.115. The molecule has 3 heteroatoms. The van der Waals surface area contributed by atoms with Crippen LogP contribution in [0, 0.1) is 0 Å². The summed E-state index contributed by atoms with van der Waals surface area (Å²) in [4.78, 5) is 17.9. The Kier molecular flexibility index (Phi) is 5.76. The van der Waals surface area contributed by atoms with Gasteiger partial charge >= 0.3 is 0 Å². The number of hydrogen-bond donors (Lipinski definition) is 0. The highest BCUT2D eigenvalue weighted by Crippen LogP contribution is 2.27. The summed E-state index contributed by atoms with van der Waals surface area (Å²) in [5, 5.41) is 0. The smallest absolute Gasteiger partial charge is 0.215 e. The molecule has 1 aliphatic heterocycles. The molecule has 3 nitrogen and oxygen atoms in total. The number of likely N-dealkylation sites (tertiary alicyclic amines) is 1. The van der Waals surface area contributed by atoms with E-state index in [9.17, 15) is 4.79 Å². The molecule has 0 aromatic heterocycles. The first-order valence-electron chi connectivity index (χ1n) is 8.60. The van der Waals surface area contributed by atoms with Crippen molar-refractivity contribution in [3.8, 4) is 0 Å². The largest absolute Gasteiger partial charge is 0.303 e. The van der Waals surface area contributed by atoms with E-state index < -0.39 is 0 Å². The number of benzene rings is 1. The maximum Gasteiger partial charge on any atom is 0.215 e. The van der Waals surface area contributed by atoms with E-state index in [2.05, 4.69) is 51.6 Å². The summed E-state index contributed by atoms with van der Waals surface area (Å²) in [7, 11) is 0. The molecule has 0 N–H and O–H groups in total. The Labute approximate surface area is 145 Å². The molecule has 0 saturated carbocycles. The lowest BCUT2D eigenvalue weighted by atomic mass is 9.86. The molecule has 0 atom stereocenters.